The Balaban J connectivity index is -0.0000000549. The second-order valence-corrected chi connectivity index (χ2v) is 2.04. The maximum Gasteiger partial charge on any atom is 0.0541 e. The van der Waals surface area contributed by atoms with Gasteiger partial charge in [-0.15, -0.1) is 0 Å². The van der Waals surface area contributed by atoms with Crippen LogP contribution < -0.4 is 11.5 Å². The highest BCUT2D eigenvalue weighted by molar-refractivity contribution is 5.35. The van der Waals surface area contributed by atoms with E-state index >= 15 is 0 Å². The number of rotatable bonds is 3. The molecule has 0 rings (SSSR count). The second kappa shape index (κ2) is 44.1. The maximum atomic E-state index is 5.43. The van der Waals surface area contributed by atoms with Crippen LogP contribution >= 0.6 is 0 Å². The van der Waals surface area contributed by atoms with Gasteiger partial charge in [0.25, 0.3) is 0 Å². The lowest BCUT2D eigenvalue weighted by Gasteiger charge is -1.97. The van der Waals surface area contributed by atoms with Gasteiger partial charge in [-0.2, -0.15) is 0 Å². The molecule has 0 fully saturated rings. The van der Waals surface area contributed by atoms with E-state index in [1.807, 2.05) is 54.5 Å². The molecule has 114 valence electrons. The summed E-state index contributed by atoms with van der Waals surface area (Å²) in [7, 11) is 0. The number of hydrogen-bond donors (Lipinski definition) is 2. The Morgan fingerprint density at radius 1 is 0.842 bits per heavy atom. The molecule has 0 saturated carbocycles. The van der Waals surface area contributed by atoms with Crippen LogP contribution in [-0.2, 0) is 0 Å². The Morgan fingerprint density at radius 2 is 1.16 bits per heavy atom. The maximum absolute atomic E-state index is 5.43. The number of allylic oxidation sites excluding steroid dienone is 4. The summed E-state index contributed by atoms with van der Waals surface area (Å²) in [5.41, 5.74) is 12.0. The predicted octanol–water partition coefficient (Wildman–Crippen LogP) is 5.31. The van der Waals surface area contributed by atoms with E-state index in [0.717, 1.165) is 5.57 Å². The molecule has 0 spiro atoms. The zero-order valence-electron chi connectivity index (χ0n) is 14.2. The molecule has 0 aromatic heterocycles. The van der Waals surface area contributed by atoms with Gasteiger partial charge in [0.15, 0.2) is 0 Å². The summed E-state index contributed by atoms with van der Waals surface area (Å²) in [5, 5.41) is 0. The zero-order valence-corrected chi connectivity index (χ0v) is 14.2. The summed E-state index contributed by atoms with van der Waals surface area (Å²) in [5.74, 6) is 0. The molecule has 0 aromatic rings. The van der Waals surface area contributed by atoms with E-state index in [0.29, 0.717) is 5.70 Å². The van der Waals surface area contributed by atoms with Crippen molar-refractivity contribution in [3.05, 3.63) is 61.5 Å². The Morgan fingerprint density at radius 3 is 1.21 bits per heavy atom. The quantitative estimate of drug-likeness (QED) is 0.681. The minimum atomic E-state index is 0.563. The van der Waals surface area contributed by atoms with Gasteiger partial charge < -0.3 is 11.5 Å². The molecule has 0 radical (unpaired) electrons. The van der Waals surface area contributed by atoms with Crippen molar-refractivity contribution in [3.63, 3.8) is 0 Å². The van der Waals surface area contributed by atoms with E-state index in [1.165, 1.54) is 6.20 Å². The Hall–Kier alpha value is -1.70. The molecule has 0 atom stereocenters. The van der Waals surface area contributed by atoms with Gasteiger partial charge in [-0.3, -0.25) is 0 Å². The van der Waals surface area contributed by atoms with E-state index in [9.17, 15) is 0 Å². The topological polar surface area (TPSA) is 52.0 Å². The van der Waals surface area contributed by atoms with Crippen molar-refractivity contribution in [1.29, 1.82) is 0 Å². The van der Waals surface area contributed by atoms with Crippen LogP contribution in [0.1, 0.15) is 48.5 Å². The van der Waals surface area contributed by atoms with Crippen molar-refractivity contribution in [2.45, 2.75) is 48.5 Å². The Labute approximate surface area is 122 Å². The third-order valence-electron chi connectivity index (χ3n) is 1.21. The van der Waals surface area contributed by atoms with Crippen LogP contribution in [0.15, 0.2) is 61.5 Å². The molecule has 2 nitrogen and oxygen atoms in total. The van der Waals surface area contributed by atoms with Crippen molar-refractivity contribution in [2.75, 3.05) is 0 Å². The largest absolute Gasteiger partial charge is 0.403 e. The molecule has 0 amide bonds. The number of hydrogen-bond acceptors (Lipinski definition) is 2. The molecule has 0 unspecified atom stereocenters. The van der Waals surface area contributed by atoms with Crippen molar-refractivity contribution in [1.82, 2.24) is 0 Å². The molecular formula is C17H36N2. The summed E-state index contributed by atoms with van der Waals surface area (Å²) < 4.78 is 0. The van der Waals surface area contributed by atoms with Gasteiger partial charge in [0.1, 0.15) is 0 Å². The van der Waals surface area contributed by atoms with Crippen molar-refractivity contribution in [3.8, 4) is 0 Å². The highest BCUT2D eigenvalue weighted by Gasteiger charge is 1.89. The highest BCUT2D eigenvalue weighted by Crippen LogP contribution is 2.01. The molecule has 0 saturated heterocycles. The fourth-order valence-corrected chi connectivity index (χ4v) is 0.499. The summed E-state index contributed by atoms with van der Waals surface area (Å²) in [6.07, 6.45) is 8.15. The van der Waals surface area contributed by atoms with Crippen molar-refractivity contribution >= 4 is 0 Å². The van der Waals surface area contributed by atoms with Gasteiger partial charge in [0.05, 0.1) is 5.70 Å². The fraction of sp³-hybridized carbons (Fsp3) is 0.412. The predicted molar refractivity (Wildman–Crippen MR) is 94.8 cm³/mol. The first-order valence-electron chi connectivity index (χ1n) is 6.87. The smallest absolute Gasteiger partial charge is 0.0541 e. The van der Waals surface area contributed by atoms with Crippen LogP contribution in [0, 0.1) is 0 Å². The first kappa shape index (κ1) is 30.4. The van der Waals surface area contributed by atoms with Crippen LogP contribution in [0.25, 0.3) is 0 Å². The molecule has 0 heterocycles. The lowest BCUT2D eigenvalue weighted by Crippen LogP contribution is -2.01. The van der Waals surface area contributed by atoms with Crippen LogP contribution in [0.2, 0.25) is 0 Å². The van der Waals surface area contributed by atoms with Gasteiger partial charge in [-0.05, 0) is 12.5 Å². The molecule has 0 aliphatic heterocycles. The zero-order chi connectivity index (χ0) is 16.7. The summed E-state index contributed by atoms with van der Waals surface area (Å²) >= 11 is 0. The van der Waals surface area contributed by atoms with Gasteiger partial charge in [-0.1, -0.05) is 85.6 Å². The third-order valence-corrected chi connectivity index (χ3v) is 1.21. The number of nitrogens with two attached hydrogens (primary N) is 2. The standard InChI is InChI=1S/C7H12N2.C4H6.3C2H6/c1-3-6(4-2)7(9)5-8;1-3-4-2;3*1-2/h3-5H,1,8-9H2,2H3;3-4H,1-2H2;3*1-2H3/b6-4+,7-5+;;;;. The summed E-state index contributed by atoms with van der Waals surface area (Å²) in [4.78, 5) is 0. The monoisotopic (exact) mass is 268 g/mol. The Kier molecular flexibility index (Phi) is 70.5. The van der Waals surface area contributed by atoms with Crippen LogP contribution in [-0.4, -0.2) is 0 Å². The minimum absolute atomic E-state index is 0.563. The minimum Gasteiger partial charge on any atom is -0.403 e. The molecule has 0 bridgehead atoms. The van der Waals surface area contributed by atoms with E-state index in [4.69, 9.17) is 11.5 Å². The van der Waals surface area contributed by atoms with E-state index in [2.05, 4.69) is 19.7 Å². The fourth-order valence-electron chi connectivity index (χ4n) is 0.499. The van der Waals surface area contributed by atoms with Gasteiger partial charge in [0, 0.05) is 6.20 Å². The van der Waals surface area contributed by atoms with Gasteiger partial charge in [0.2, 0.25) is 0 Å². The first-order valence-corrected chi connectivity index (χ1v) is 6.87. The Bertz CT molecular complexity index is 217. The van der Waals surface area contributed by atoms with Crippen LogP contribution in [0.3, 0.4) is 0 Å². The van der Waals surface area contributed by atoms with E-state index in [1.54, 1.807) is 18.2 Å². The lowest BCUT2D eigenvalue weighted by atomic mass is 10.2. The van der Waals surface area contributed by atoms with E-state index < -0.39 is 0 Å². The summed E-state index contributed by atoms with van der Waals surface area (Å²) in [6.45, 7) is 24.2. The molecule has 0 aliphatic carbocycles. The molecule has 2 heteroatoms. The molecule has 0 aliphatic rings. The molecule has 19 heavy (non-hydrogen) atoms. The van der Waals surface area contributed by atoms with Crippen molar-refractivity contribution in [2.24, 2.45) is 11.5 Å². The molecule has 4 N–H and O–H groups in total. The average Bonchev–Trinajstić information content (AvgIpc) is 2.54. The van der Waals surface area contributed by atoms with Crippen molar-refractivity contribution < 1.29 is 0 Å². The summed E-state index contributed by atoms with van der Waals surface area (Å²) in [6, 6.07) is 0. The molecular weight excluding hydrogens is 232 g/mol. The van der Waals surface area contributed by atoms with Crippen LogP contribution in [0.4, 0.5) is 0 Å². The lowest BCUT2D eigenvalue weighted by molar-refractivity contribution is 1.30. The SMILES string of the molecule is C=CC(=C\C)/C(N)=C\N.C=CC=C.CC.CC.CC. The third kappa shape index (κ3) is 38.5. The van der Waals surface area contributed by atoms with E-state index in [-0.39, 0.29) is 0 Å². The first-order chi connectivity index (χ1) is 9.17. The highest BCUT2D eigenvalue weighted by atomic mass is 14.6. The van der Waals surface area contributed by atoms with Gasteiger partial charge in [-0.25, -0.2) is 0 Å². The molecule has 0 aromatic carbocycles. The van der Waals surface area contributed by atoms with Gasteiger partial charge >= 0.3 is 0 Å². The second-order valence-electron chi connectivity index (χ2n) is 2.04. The average molecular weight is 268 g/mol. The van der Waals surface area contributed by atoms with Crippen LogP contribution in [0.5, 0.6) is 0 Å². The normalized spacial score (nSPS) is 8.37.